The Morgan fingerprint density at radius 2 is 1.81 bits per heavy atom. The molecule has 0 heterocycles. The summed E-state index contributed by atoms with van der Waals surface area (Å²) in [5.41, 5.74) is 1.23. The zero-order valence-corrected chi connectivity index (χ0v) is 16.8. The number of benzene rings is 1. The molecule has 3 nitrogen and oxygen atoms in total. The van der Waals surface area contributed by atoms with Crippen molar-refractivity contribution in [2.45, 2.75) is 45.2 Å². The fourth-order valence-electron chi connectivity index (χ4n) is 1.60. The molecule has 0 saturated carbocycles. The van der Waals surface area contributed by atoms with Gasteiger partial charge in [-0.3, -0.25) is 0 Å². The van der Waals surface area contributed by atoms with Gasteiger partial charge in [0.1, 0.15) is 0 Å². The van der Waals surface area contributed by atoms with E-state index in [0.29, 0.717) is 18.5 Å². The minimum absolute atomic E-state index is 0. The number of hydrogen-bond acceptors (Lipinski definition) is 2. The zero-order chi connectivity index (χ0) is 15.0. The third kappa shape index (κ3) is 7.95. The Balaban J connectivity index is 0.00000400. The molecule has 1 atom stereocenters. The predicted octanol–water partition coefficient (Wildman–Crippen LogP) is 4.13. The van der Waals surface area contributed by atoms with Crippen molar-refractivity contribution in [3.63, 3.8) is 0 Å². The van der Waals surface area contributed by atoms with E-state index in [9.17, 15) is 0 Å². The van der Waals surface area contributed by atoms with Gasteiger partial charge in [0.15, 0.2) is 5.96 Å². The average molecular weight is 421 g/mol. The maximum absolute atomic E-state index is 4.65. The summed E-state index contributed by atoms with van der Waals surface area (Å²) in [6.45, 7) is 10.3. The minimum Gasteiger partial charge on any atom is -0.357 e. The SMILES string of the molecule is CCNC(=NCc1ccc(SC)cc1)NC(C)C(C)C.I. The lowest BCUT2D eigenvalue weighted by atomic mass is 10.1. The lowest BCUT2D eigenvalue weighted by molar-refractivity contribution is 0.481. The first-order valence-corrected chi connectivity index (χ1v) is 8.47. The number of nitrogens with zero attached hydrogens (tertiary/aromatic N) is 1. The van der Waals surface area contributed by atoms with Gasteiger partial charge in [0.2, 0.25) is 0 Å². The van der Waals surface area contributed by atoms with E-state index in [2.05, 4.69) is 73.8 Å². The number of guanidine groups is 1. The Labute approximate surface area is 150 Å². The molecule has 1 aromatic carbocycles. The lowest BCUT2D eigenvalue weighted by Gasteiger charge is -2.20. The first-order chi connectivity index (χ1) is 9.56. The smallest absolute Gasteiger partial charge is 0.191 e. The van der Waals surface area contributed by atoms with Crippen molar-refractivity contribution in [1.82, 2.24) is 10.6 Å². The molecule has 5 heteroatoms. The quantitative estimate of drug-likeness (QED) is 0.314. The van der Waals surface area contributed by atoms with Gasteiger partial charge in [-0.15, -0.1) is 35.7 Å². The Morgan fingerprint density at radius 3 is 2.29 bits per heavy atom. The number of thioether (sulfide) groups is 1. The molecule has 1 unspecified atom stereocenters. The monoisotopic (exact) mass is 421 g/mol. The van der Waals surface area contributed by atoms with E-state index < -0.39 is 0 Å². The van der Waals surface area contributed by atoms with Crippen molar-refractivity contribution in [1.29, 1.82) is 0 Å². The fraction of sp³-hybridized carbons (Fsp3) is 0.562. The number of rotatable bonds is 6. The van der Waals surface area contributed by atoms with Crippen LogP contribution in [-0.2, 0) is 6.54 Å². The summed E-state index contributed by atoms with van der Waals surface area (Å²) in [6.07, 6.45) is 2.09. The van der Waals surface area contributed by atoms with E-state index in [4.69, 9.17) is 0 Å². The van der Waals surface area contributed by atoms with Crippen LogP contribution in [0.25, 0.3) is 0 Å². The Hall–Kier alpha value is -0.430. The van der Waals surface area contributed by atoms with Gasteiger partial charge in [0.25, 0.3) is 0 Å². The van der Waals surface area contributed by atoms with Gasteiger partial charge in [-0.2, -0.15) is 0 Å². The van der Waals surface area contributed by atoms with E-state index in [1.54, 1.807) is 11.8 Å². The third-order valence-corrected chi connectivity index (χ3v) is 4.03. The second kappa shape index (κ2) is 11.2. The summed E-state index contributed by atoms with van der Waals surface area (Å²) in [6, 6.07) is 8.99. The van der Waals surface area contributed by atoms with Gasteiger partial charge in [0.05, 0.1) is 6.54 Å². The second-order valence-corrected chi connectivity index (χ2v) is 6.10. The van der Waals surface area contributed by atoms with E-state index in [-0.39, 0.29) is 24.0 Å². The molecule has 0 fully saturated rings. The van der Waals surface area contributed by atoms with Crippen LogP contribution in [0.5, 0.6) is 0 Å². The highest BCUT2D eigenvalue weighted by Crippen LogP contribution is 2.15. The summed E-state index contributed by atoms with van der Waals surface area (Å²) in [7, 11) is 0. The van der Waals surface area contributed by atoms with Gasteiger partial charge < -0.3 is 10.6 Å². The van der Waals surface area contributed by atoms with Crippen molar-refractivity contribution in [3.8, 4) is 0 Å². The van der Waals surface area contributed by atoms with Crippen LogP contribution in [-0.4, -0.2) is 24.8 Å². The highest BCUT2D eigenvalue weighted by molar-refractivity contribution is 14.0. The molecule has 2 N–H and O–H groups in total. The first-order valence-electron chi connectivity index (χ1n) is 7.24. The predicted molar refractivity (Wildman–Crippen MR) is 106 cm³/mol. The maximum atomic E-state index is 4.65. The summed E-state index contributed by atoms with van der Waals surface area (Å²) < 4.78 is 0. The molecule has 0 bridgehead atoms. The van der Waals surface area contributed by atoms with E-state index in [1.165, 1.54) is 10.5 Å². The van der Waals surface area contributed by atoms with Crippen LogP contribution in [0.15, 0.2) is 34.2 Å². The topological polar surface area (TPSA) is 36.4 Å². The van der Waals surface area contributed by atoms with Gasteiger partial charge in [0, 0.05) is 17.5 Å². The van der Waals surface area contributed by atoms with E-state index in [1.807, 2.05) is 0 Å². The summed E-state index contributed by atoms with van der Waals surface area (Å²) in [5, 5.41) is 6.74. The molecule has 0 aliphatic rings. The normalized spacial score (nSPS) is 12.8. The number of hydrogen-bond donors (Lipinski definition) is 2. The van der Waals surface area contributed by atoms with Gasteiger partial charge in [-0.05, 0) is 43.7 Å². The minimum atomic E-state index is 0. The molecule has 0 amide bonds. The largest absolute Gasteiger partial charge is 0.357 e. The maximum Gasteiger partial charge on any atom is 0.191 e. The Kier molecular flexibility index (Phi) is 11.0. The van der Waals surface area contributed by atoms with E-state index in [0.717, 1.165) is 12.5 Å². The second-order valence-electron chi connectivity index (χ2n) is 5.22. The number of halogens is 1. The molecule has 21 heavy (non-hydrogen) atoms. The molecule has 1 aromatic rings. The van der Waals surface area contributed by atoms with Crippen molar-refractivity contribution in [2.24, 2.45) is 10.9 Å². The standard InChI is InChI=1S/C16H27N3S.HI/c1-6-17-16(19-13(4)12(2)3)18-11-14-7-9-15(20-5)10-8-14;/h7-10,12-13H,6,11H2,1-5H3,(H2,17,18,19);1H. The van der Waals surface area contributed by atoms with Gasteiger partial charge >= 0.3 is 0 Å². The number of aliphatic imine (C=N–C) groups is 1. The van der Waals surface area contributed by atoms with Crippen molar-refractivity contribution in [2.75, 3.05) is 12.8 Å². The van der Waals surface area contributed by atoms with Crippen LogP contribution in [0, 0.1) is 5.92 Å². The Morgan fingerprint density at radius 1 is 1.19 bits per heavy atom. The molecule has 120 valence electrons. The van der Waals surface area contributed by atoms with Crippen LogP contribution >= 0.6 is 35.7 Å². The molecule has 0 aromatic heterocycles. The zero-order valence-electron chi connectivity index (χ0n) is 13.6. The molecule has 0 aliphatic carbocycles. The summed E-state index contributed by atoms with van der Waals surface area (Å²) in [5.74, 6) is 1.47. The molecule has 0 spiro atoms. The van der Waals surface area contributed by atoms with Crippen molar-refractivity contribution in [3.05, 3.63) is 29.8 Å². The molecular formula is C16H28IN3S. The fourth-order valence-corrected chi connectivity index (χ4v) is 2.01. The van der Waals surface area contributed by atoms with Crippen molar-refractivity contribution >= 4 is 41.7 Å². The molecular weight excluding hydrogens is 393 g/mol. The van der Waals surface area contributed by atoms with Gasteiger partial charge in [-0.25, -0.2) is 4.99 Å². The van der Waals surface area contributed by atoms with Crippen LogP contribution < -0.4 is 10.6 Å². The highest BCUT2D eigenvalue weighted by Gasteiger charge is 2.08. The molecule has 0 aliphatic heterocycles. The summed E-state index contributed by atoms with van der Waals surface area (Å²) >= 11 is 1.76. The first kappa shape index (κ1) is 20.6. The molecule has 0 radical (unpaired) electrons. The summed E-state index contributed by atoms with van der Waals surface area (Å²) in [4.78, 5) is 5.94. The van der Waals surface area contributed by atoms with Crippen LogP contribution in [0.2, 0.25) is 0 Å². The van der Waals surface area contributed by atoms with Crippen LogP contribution in [0.3, 0.4) is 0 Å². The van der Waals surface area contributed by atoms with E-state index >= 15 is 0 Å². The Bertz CT molecular complexity index is 418. The molecule has 0 saturated heterocycles. The van der Waals surface area contributed by atoms with Crippen LogP contribution in [0.4, 0.5) is 0 Å². The number of nitrogens with one attached hydrogen (secondary N) is 2. The van der Waals surface area contributed by atoms with Crippen LogP contribution in [0.1, 0.15) is 33.3 Å². The van der Waals surface area contributed by atoms with Gasteiger partial charge in [-0.1, -0.05) is 26.0 Å². The highest BCUT2D eigenvalue weighted by atomic mass is 127. The molecule has 1 rings (SSSR count). The third-order valence-electron chi connectivity index (χ3n) is 3.29. The average Bonchev–Trinajstić information content (AvgIpc) is 2.45. The lowest BCUT2D eigenvalue weighted by Crippen LogP contribution is -2.44. The van der Waals surface area contributed by atoms with Crippen molar-refractivity contribution < 1.29 is 0 Å².